The van der Waals surface area contributed by atoms with Gasteiger partial charge in [0, 0.05) is 43.5 Å². The number of fused-ring (bicyclic) bond motifs is 1. The summed E-state index contributed by atoms with van der Waals surface area (Å²) in [7, 11) is 1.71. The first kappa shape index (κ1) is 23.5. The Morgan fingerprint density at radius 1 is 1.22 bits per heavy atom. The van der Waals surface area contributed by atoms with Gasteiger partial charge in [-0.3, -0.25) is 4.79 Å². The average Bonchev–Trinajstić information content (AvgIpc) is 3.46. The highest BCUT2D eigenvalue weighted by Crippen LogP contribution is 2.32. The maximum absolute atomic E-state index is 13.9. The maximum atomic E-state index is 13.9. The van der Waals surface area contributed by atoms with Crippen LogP contribution in [0.1, 0.15) is 61.3 Å². The van der Waals surface area contributed by atoms with Crippen molar-refractivity contribution in [2.45, 2.75) is 58.4 Å². The molecule has 0 N–H and O–H groups in total. The number of ether oxygens (including phenoxy) is 1. The summed E-state index contributed by atoms with van der Waals surface area (Å²) in [5.41, 5.74) is 0.639. The quantitative estimate of drug-likeness (QED) is 0.556. The number of carbonyl (C=O) groups is 1. The van der Waals surface area contributed by atoms with Crippen LogP contribution in [0.3, 0.4) is 0 Å². The molecular weight excluding hydrogens is 420 g/mol. The first-order chi connectivity index (χ1) is 15.6. The minimum Gasteiger partial charge on any atom is -0.383 e. The molecule has 0 aromatic carbocycles. The number of rotatable bonds is 9. The van der Waals surface area contributed by atoms with E-state index in [1.54, 1.807) is 18.4 Å². The van der Waals surface area contributed by atoms with E-state index in [0.717, 1.165) is 23.0 Å². The van der Waals surface area contributed by atoms with Crippen molar-refractivity contribution in [3.05, 3.63) is 35.1 Å². The predicted molar refractivity (Wildman–Crippen MR) is 130 cm³/mol. The standard InChI is InChI=1S/C25H38N4O2S/c1-19(2)17-22-23(26-25(32-22)28-12-6-7-13-28)24(30)29(15-16-31-3)18-20-9-8-14-27-11-5-4-10-21(20)27/h6-7,12-13,19-21H,4-5,8-11,14-18H2,1-3H3/t20-,21+/m0/s1. The second kappa shape index (κ2) is 10.9. The molecule has 0 radical (unpaired) electrons. The van der Waals surface area contributed by atoms with E-state index in [2.05, 4.69) is 18.7 Å². The lowest BCUT2D eigenvalue weighted by Crippen LogP contribution is -2.52. The third-order valence-corrected chi connectivity index (χ3v) is 7.93. The number of aromatic nitrogens is 2. The van der Waals surface area contributed by atoms with E-state index in [-0.39, 0.29) is 5.91 Å². The number of amides is 1. The monoisotopic (exact) mass is 458 g/mol. The van der Waals surface area contributed by atoms with Crippen LogP contribution in [-0.2, 0) is 11.2 Å². The Morgan fingerprint density at radius 3 is 2.75 bits per heavy atom. The summed E-state index contributed by atoms with van der Waals surface area (Å²) in [6, 6.07) is 4.61. The minimum absolute atomic E-state index is 0.0697. The van der Waals surface area contributed by atoms with Gasteiger partial charge in [0.15, 0.2) is 5.13 Å². The van der Waals surface area contributed by atoms with E-state index in [4.69, 9.17) is 9.72 Å². The molecule has 0 aliphatic carbocycles. The summed E-state index contributed by atoms with van der Waals surface area (Å²) >= 11 is 1.64. The molecule has 2 atom stereocenters. The lowest BCUT2D eigenvalue weighted by atomic mass is 9.83. The number of hydrogen-bond acceptors (Lipinski definition) is 5. The van der Waals surface area contributed by atoms with Gasteiger partial charge in [0.05, 0.1) is 6.61 Å². The van der Waals surface area contributed by atoms with Crippen LogP contribution in [0.5, 0.6) is 0 Å². The Kier molecular flexibility index (Phi) is 8.02. The Morgan fingerprint density at radius 2 is 2.00 bits per heavy atom. The van der Waals surface area contributed by atoms with Gasteiger partial charge in [0.1, 0.15) is 5.69 Å². The molecule has 0 bridgehead atoms. The normalized spacial score (nSPS) is 21.6. The van der Waals surface area contributed by atoms with Crippen LogP contribution in [0, 0.1) is 11.8 Å². The van der Waals surface area contributed by atoms with Crippen LogP contribution in [0.4, 0.5) is 0 Å². The Bertz CT molecular complexity index is 861. The van der Waals surface area contributed by atoms with Gasteiger partial charge in [-0.2, -0.15) is 0 Å². The van der Waals surface area contributed by atoms with E-state index in [9.17, 15) is 4.79 Å². The van der Waals surface area contributed by atoms with Crippen molar-refractivity contribution in [3.63, 3.8) is 0 Å². The fourth-order valence-corrected chi connectivity index (χ4v) is 6.52. The van der Waals surface area contributed by atoms with Crippen molar-refractivity contribution in [1.82, 2.24) is 19.4 Å². The smallest absolute Gasteiger partial charge is 0.273 e. The van der Waals surface area contributed by atoms with Crippen LogP contribution in [-0.4, -0.2) is 71.2 Å². The fourth-order valence-electron chi connectivity index (χ4n) is 5.29. The highest BCUT2D eigenvalue weighted by molar-refractivity contribution is 7.14. The van der Waals surface area contributed by atoms with E-state index in [0.29, 0.717) is 36.7 Å². The molecule has 2 aromatic rings. The fraction of sp³-hybridized carbons (Fsp3) is 0.680. The van der Waals surface area contributed by atoms with Crippen molar-refractivity contribution in [2.24, 2.45) is 11.8 Å². The van der Waals surface area contributed by atoms with Gasteiger partial charge in [0.2, 0.25) is 0 Å². The molecule has 4 rings (SSSR count). The van der Waals surface area contributed by atoms with Crippen molar-refractivity contribution in [1.29, 1.82) is 0 Å². The number of hydrogen-bond donors (Lipinski definition) is 0. The zero-order valence-corrected chi connectivity index (χ0v) is 20.6. The summed E-state index contributed by atoms with van der Waals surface area (Å²) < 4.78 is 7.39. The third kappa shape index (κ3) is 5.43. The van der Waals surface area contributed by atoms with Crippen LogP contribution in [0.2, 0.25) is 0 Å². The molecule has 2 saturated heterocycles. The molecule has 0 saturated carbocycles. The van der Waals surface area contributed by atoms with Gasteiger partial charge in [-0.05, 0) is 69.2 Å². The average molecular weight is 459 g/mol. The Labute approximate surface area is 196 Å². The molecule has 4 heterocycles. The van der Waals surface area contributed by atoms with Crippen LogP contribution < -0.4 is 0 Å². The van der Waals surface area contributed by atoms with Gasteiger partial charge in [-0.1, -0.05) is 20.3 Å². The molecule has 0 unspecified atom stereocenters. The van der Waals surface area contributed by atoms with E-state index in [1.165, 1.54) is 45.2 Å². The molecule has 1 amide bonds. The number of methoxy groups -OCH3 is 1. The van der Waals surface area contributed by atoms with Gasteiger partial charge in [0.25, 0.3) is 5.91 Å². The summed E-state index contributed by atoms with van der Waals surface area (Å²) in [6.45, 7) is 8.82. The summed E-state index contributed by atoms with van der Waals surface area (Å²) in [5, 5.41) is 0.872. The molecule has 32 heavy (non-hydrogen) atoms. The van der Waals surface area contributed by atoms with Crippen molar-refractivity contribution >= 4 is 17.2 Å². The first-order valence-corrected chi connectivity index (χ1v) is 13.0. The molecule has 7 heteroatoms. The Hall–Kier alpha value is -1.70. The largest absolute Gasteiger partial charge is 0.383 e. The topological polar surface area (TPSA) is 50.6 Å². The summed E-state index contributed by atoms with van der Waals surface area (Å²) in [5.74, 6) is 1.09. The van der Waals surface area contributed by atoms with Crippen LogP contribution in [0.15, 0.2) is 24.5 Å². The third-order valence-electron chi connectivity index (χ3n) is 6.84. The van der Waals surface area contributed by atoms with Crippen LogP contribution in [0.25, 0.3) is 5.13 Å². The lowest BCUT2D eigenvalue weighted by Gasteiger charge is -2.45. The van der Waals surface area contributed by atoms with Crippen molar-refractivity contribution in [3.8, 4) is 5.13 Å². The second-order valence-electron chi connectivity index (χ2n) is 9.70. The first-order valence-electron chi connectivity index (χ1n) is 12.2. The lowest BCUT2D eigenvalue weighted by molar-refractivity contribution is 0.0313. The second-order valence-corrected chi connectivity index (χ2v) is 10.8. The highest BCUT2D eigenvalue weighted by Gasteiger charge is 2.35. The van der Waals surface area contributed by atoms with Crippen molar-refractivity contribution < 1.29 is 9.53 Å². The number of thiazole rings is 1. The molecule has 2 aliphatic heterocycles. The number of nitrogens with zero attached hydrogens (tertiary/aromatic N) is 4. The molecular formula is C25H38N4O2S. The van der Waals surface area contributed by atoms with Gasteiger partial charge in [-0.15, -0.1) is 11.3 Å². The van der Waals surface area contributed by atoms with Gasteiger partial charge in [-0.25, -0.2) is 4.98 Å². The number of carbonyl (C=O) groups excluding carboxylic acids is 1. The highest BCUT2D eigenvalue weighted by atomic mass is 32.1. The summed E-state index contributed by atoms with van der Waals surface area (Å²) in [4.78, 5) is 24.5. The minimum atomic E-state index is 0.0697. The number of piperidine rings is 2. The SMILES string of the molecule is COCCN(C[C@@H]1CCCN2CCCC[C@H]12)C(=O)c1nc(-n2cccc2)sc1CC(C)C. The molecule has 176 valence electrons. The Balaban J connectivity index is 1.58. The van der Waals surface area contributed by atoms with E-state index in [1.807, 2.05) is 34.0 Å². The molecule has 6 nitrogen and oxygen atoms in total. The van der Waals surface area contributed by atoms with E-state index >= 15 is 0 Å². The van der Waals surface area contributed by atoms with E-state index < -0.39 is 0 Å². The zero-order chi connectivity index (χ0) is 22.5. The summed E-state index contributed by atoms with van der Waals surface area (Å²) in [6.07, 6.45) is 11.2. The van der Waals surface area contributed by atoms with Crippen LogP contribution >= 0.6 is 11.3 Å². The van der Waals surface area contributed by atoms with Gasteiger partial charge < -0.3 is 19.1 Å². The van der Waals surface area contributed by atoms with Gasteiger partial charge >= 0.3 is 0 Å². The molecule has 2 fully saturated rings. The predicted octanol–water partition coefficient (Wildman–Crippen LogP) is 4.49. The molecule has 0 spiro atoms. The van der Waals surface area contributed by atoms with Crippen molar-refractivity contribution in [2.75, 3.05) is 39.9 Å². The molecule has 2 aromatic heterocycles. The molecule has 2 aliphatic rings. The maximum Gasteiger partial charge on any atom is 0.273 e. The zero-order valence-electron chi connectivity index (χ0n) is 19.8.